The van der Waals surface area contributed by atoms with Crippen LogP contribution in [0, 0.1) is 0 Å². The summed E-state index contributed by atoms with van der Waals surface area (Å²) in [5.74, 6) is -0.708. The van der Waals surface area contributed by atoms with Crippen molar-refractivity contribution in [1.82, 2.24) is 0 Å². The van der Waals surface area contributed by atoms with E-state index >= 15 is 0 Å². The molecule has 0 aliphatic heterocycles. The molecule has 0 bridgehead atoms. The average molecular weight is 465 g/mol. The normalized spacial score (nSPS) is 10.7. The number of carbonyl (C=O) groups excluding carboxylic acids is 2. The Kier molecular flexibility index (Phi) is 6.45. The van der Waals surface area contributed by atoms with Crippen LogP contribution in [0.4, 0.5) is 0 Å². The Morgan fingerprint density at radius 3 is 2.06 bits per heavy atom. The summed E-state index contributed by atoms with van der Waals surface area (Å²) < 4.78 is 11.5. The van der Waals surface area contributed by atoms with Gasteiger partial charge in [-0.25, -0.2) is 4.79 Å². The molecule has 0 aliphatic rings. The van der Waals surface area contributed by atoms with Crippen LogP contribution in [0.5, 0.6) is 0 Å². The highest BCUT2D eigenvalue weighted by atomic mass is 35.5. The van der Waals surface area contributed by atoms with E-state index in [9.17, 15) is 9.59 Å². The first-order valence-electron chi connectivity index (χ1n) is 9.96. The van der Waals surface area contributed by atoms with E-state index in [1.807, 2.05) is 18.2 Å². The molecule has 0 amide bonds. The topological polar surface area (TPSA) is 56.5 Å². The Hall–Kier alpha value is -3.34. The van der Waals surface area contributed by atoms with Crippen LogP contribution in [0.25, 0.3) is 22.6 Å². The van der Waals surface area contributed by atoms with Crippen molar-refractivity contribution in [3.8, 4) is 22.6 Å². The maximum atomic E-state index is 13.8. The fourth-order valence-electron chi connectivity index (χ4n) is 3.45. The molecule has 0 saturated heterocycles. The molecule has 32 heavy (non-hydrogen) atoms. The third-order valence-corrected chi connectivity index (χ3v) is 5.55. The van der Waals surface area contributed by atoms with E-state index < -0.39 is 11.8 Å². The van der Waals surface area contributed by atoms with E-state index in [-0.39, 0.29) is 39.8 Å². The van der Waals surface area contributed by atoms with E-state index in [4.69, 9.17) is 32.4 Å². The molecule has 4 rings (SSSR count). The van der Waals surface area contributed by atoms with Gasteiger partial charge in [-0.05, 0) is 31.2 Å². The number of hydrogen-bond acceptors (Lipinski definition) is 4. The lowest BCUT2D eigenvalue weighted by molar-refractivity contribution is 0.0524. The van der Waals surface area contributed by atoms with Gasteiger partial charge in [0.2, 0.25) is 0 Å². The molecular weight excluding hydrogens is 447 g/mol. The number of hydrogen-bond donors (Lipinski definition) is 0. The van der Waals surface area contributed by atoms with Crippen molar-refractivity contribution in [2.24, 2.45) is 0 Å². The smallest absolute Gasteiger partial charge is 0.342 e. The van der Waals surface area contributed by atoms with Crippen LogP contribution in [0.1, 0.15) is 33.2 Å². The van der Waals surface area contributed by atoms with Gasteiger partial charge < -0.3 is 9.15 Å². The quantitative estimate of drug-likeness (QED) is 0.221. The first kappa shape index (κ1) is 21.9. The lowest BCUT2D eigenvalue weighted by atomic mass is 9.94. The molecule has 6 heteroatoms. The van der Waals surface area contributed by atoms with Crippen molar-refractivity contribution in [3.63, 3.8) is 0 Å². The van der Waals surface area contributed by atoms with Gasteiger partial charge >= 0.3 is 5.97 Å². The van der Waals surface area contributed by atoms with Gasteiger partial charge in [0.1, 0.15) is 17.1 Å². The molecule has 0 saturated carbocycles. The minimum atomic E-state index is -0.663. The number of esters is 1. The van der Waals surface area contributed by atoms with Crippen LogP contribution < -0.4 is 0 Å². The lowest BCUT2D eigenvalue weighted by Gasteiger charge is -2.08. The number of rotatable bonds is 6. The summed E-state index contributed by atoms with van der Waals surface area (Å²) in [6.45, 7) is 1.84. The molecule has 0 spiro atoms. The number of furan rings is 1. The molecule has 1 aromatic heterocycles. The van der Waals surface area contributed by atoms with Crippen molar-refractivity contribution >= 4 is 35.0 Å². The van der Waals surface area contributed by atoms with E-state index in [0.717, 1.165) is 0 Å². The van der Waals surface area contributed by atoms with Crippen molar-refractivity contribution in [1.29, 1.82) is 0 Å². The van der Waals surface area contributed by atoms with Crippen LogP contribution in [-0.2, 0) is 4.74 Å². The molecule has 4 aromatic rings. The van der Waals surface area contributed by atoms with Crippen molar-refractivity contribution in [3.05, 3.63) is 106 Å². The van der Waals surface area contributed by atoms with Gasteiger partial charge in [-0.1, -0.05) is 77.8 Å². The van der Waals surface area contributed by atoms with Gasteiger partial charge in [-0.3, -0.25) is 4.79 Å². The van der Waals surface area contributed by atoms with E-state index in [0.29, 0.717) is 16.1 Å². The summed E-state index contributed by atoms with van der Waals surface area (Å²) in [6, 6.07) is 22.7. The standard InChI is InChI=1S/C26H18Cl2O4/c1-2-31-26(30)22-21(23(29)17-12-6-8-14-19(17)27)25(18-13-7-9-15-20(18)28)32-24(22)16-10-4-3-5-11-16/h3-15H,2H2,1H3. The molecule has 0 radical (unpaired) electrons. The number of carbonyl (C=O) groups is 2. The Morgan fingerprint density at radius 2 is 1.41 bits per heavy atom. The number of ether oxygens (including phenoxy) is 1. The summed E-state index contributed by atoms with van der Waals surface area (Å²) in [5.41, 5.74) is 1.45. The highest BCUT2D eigenvalue weighted by molar-refractivity contribution is 6.36. The molecule has 0 atom stereocenters. The minimum absolute atomic E-state index is 0.0397. The van der Waals surface area contributed by atoms with Gasteiger partial charge in [-0.15, -0.1) is 0 Å². The second-order valence-electron chi connectivity index (χ2n) is 6.89. The van der Waals surface area contributed by atoms with Crippen LogP contribution in [0.3, 0.4) is 0 Å². The lowest BCUT2D eigenvalue weighted by Crippen LogP contribution is -2.13. The van der Waals surface area contributed by atoms with Crippen LogP contribution in [-0.4, -0.2) is 18.4 Å². The molecule has 160 valence electrons. The van der Waals surface area contributed by atoms with Gasteiger partial charge in [0.25, 0.3) is 0 Å². The predicted octanol–water partition coefficient (Wildman–Crippen LogP) is 7.33. The average Bonchev–Trinajstić information content (AvgIpc) is 3.20. The second-order valence-corrected chi connectivity index (χ2v) is 7.70. The minimum Gasteiger partial charge on any atom is -0.462 e. The van der Waals surface area contributed by atoms with Crippen molar-refractivity contribution in [2.75, 3.05) is 6.61 Å². The third-order valence-electron chi connectivity index (χ3n) is 4.89. The Bertz CT molecular complexity index is 1290. The summed E-state index contributed by atoms with van der Waals surface area (Å²) in [5, 5.41) is 0.643. The molecule has 0 fully saturated rings. The van der Waals surface area contributed by atoms with Crippen molar-refractivity contribution in [2.45, 2.75) is 6.92 Å². The van der Waals surface area contributed by atoms with E-state index in [2.05, 4.69) is 0 Å². The zero-order valence-corrected chi connectivity index (χ0v) is 18.6. The summed E-state index contributed by atoms with van der Waals surface area (Å²) >= 11 is 12.8. The first-order chi connectivity index (χ1) is 15.5. The number of halogens is 2. The monoisotopic (exact) mass is 464 g/mol. The SMILES string of the molecule is CCOC(=O)c1c(-c2ccccc2)oc(-c2ccccc2Cl)c1C(=O)c1ccccc1Cl. The number of ketones is 1. The molecule has 3 aromatic carbocycles. The fraction of sp³-hybridized carbons (Fsp3) is 0.0769. The van der Waals surface area contributed by atoms with Crippen LogP contribution >= 0.6 is 23.2 Å². The van der Waals surface area contributed by atoms with E-state index in [1.54, 1.807) is 67.6 Å². The van der Waals surface area contributed by atoms with Crippen LogP contribution in [0.2, 0.25) is 10.0 Å². The molecule has 4 nitrogen and oxygen atoms in total. The predicted molar refractivity (Wildman–Crippen MR) is 125 cm³/mol. The maximum Gasteiger partial charge on any atom is 0.342 e. The second kappa shape index (κ2) is 9.43. The highest BCUT2D eigenvalue weighted by Gasteiger charge is 2.34. The maximum absolute atomic E-state index is 13.8. The zero-order chi connectivity index (χ0) is 22.7. The van der Waals surface area contributed by atoms with Gasteiger partial charge in [0.15, 0.2) is 5.78 Å². The largest absolute Gasteiger partial charge is 0.462 e. The first-order valence-corrected chi connectivity index (χ1v) is 10.7. The Labute approximate surface area is 195 Å². The molecule has 1 heterocycles. The van der Waals surface area contributed by atoms with Gasteiger partial charge in [-0.2, -0.15) is 0 Å². The van der Waals surface area contributed by atoms with Gasteiger partial charge in [0.05, 0.1) is 22.2 Å². The summed E-state index contributed by atoms with van der Waals surface area (Å²) in [4.78, 5) is 26.9. The molecular formula is C26H18Cl2O4. The molecule has 0 N–H and O–H groups in total. The molecule has 0 aliphatic carbocycles. The number of benzene rings is 3. The molecule has 0 unspecified atom stereocenters. The Balaban J connectivity index is 2.08. The van der Waals surface area contributed by atoms with Crippen molar-refractivity contribution < 1.29 is 18.7 Å². The highest BCUT2D eigenvalue weighted by Crippen LogP contribution is 2.41. The fourth-order valence-corrected chi connectivity index (χ4v) is 3.90. The third kappa shape index (κ3) is 4.07. The zero-order valence-electron chi connectivity index (χ0n) is 17.1. The van der Waals surface area contributed by atoms with Gasteiger partial charge in [0, 0.05) is 16.7 Å². The van der Waals surface area contributed by atoms with Crippen LogP contribution in [0.15, 0.2) is 83.3 Å². The Morgan fingerprint density at radius 1 is 0.781 bits per heavy atom. The van der Waals surface area contributed by atoms with E-state index in [1.165, 1.54) is 0 Å². The summed E-state index contributed by atoms with van der Waals surface area (Å²) in [7, 11) is 0. The summed E-state index contributed by atoms with van der Waals surface area (Å²) in [6.07, 6.45) is 0.